The molecule has 116 valence electrons. The third-order valence-corrected chi connectivity index (χ3v) is 4.46. The zero-order chi connectivity index (χ0) is 15.4. The predicted molar refractivity (Wildman–Crippen MR) is 85.1 cm³/mol. The van der Waals surface area contributed by atoms with Crippen LogP contribution in [0.5, 0.6) is 5.75 Å². The summed E-state index contributed by atoms with van der Waals surface area (Å²) < 4.78 is 5.57. The lowest BCUT2D eigenvalue weighted by atomic mass is 10.1. The Morgan fingerprint density at radius 3 is 2.48 bits per heavy atom. The normalized spacial score (nSPS) is 16.8. The fourth-order valence-electron chi connectivity index (χ4n) is 2.56. The Morgan fingerprint density at radius 1 is 1.33 bits per heavy atom. The van der Waals surface area contributed by atoms with Gasteiger partial charge in [0.05, 0.1) is 0 Å². The molecule has 1 heterocycles. The van der Waals surface area contributed by atoms with E-state index in [4.69, 9.17) is 16.3 Å². The minimum absolute atomic E-state index is 0.0485. The number of nitrogens with one attached hydrogen (secondary N) is 1. The summed E-state index contributed by atoms with van der Waals surface area (Å²) >= 11 is 6.11. The smallest absolute Gasteiger partial charge is 0.258 e. The minimum atomic E-state index is -0.0604. The van der Waals surface area contributed by atoms with Gasteiger partial charge in [0, 0.05) is 11.1 Å². The lowest BCUT2D eigenvalue weighted by Gasteiger charge is -2.29. The summed E-state index contributed by atoms with van der Waals surface area (Å²) in [7, 11) is 2.10. The molecule has 1 aliphatic heterocycles. The van der Waals surface area contributed by atoms with Crippen LogP contribution in [-0.4, -0.2) is 43.6 Å². The van der Waals surface area contributed by atoms with Crippen LogP contribution in [0.1, 0.15) is 24.0 Å². The number of carbonyl (C=O) groups excluding carboxylic acids is 1. The maximum atomic E-state index is 11.9. The maximum Gasteiger partial charge on any atom is 0.258 e. The average molecular weight is 311 g/mol. The molecule has 0 spiro atoms. The van der Waals surface area contributed by atoms with Crippen molar-refractivity contribution in [2.45, 2.75) is 32.7 Å². The molecule has 0 atom stereocenters. The Bertz CT molecular complexity index is 488. The molecule has 1 aromatic carbocycles. The van der Waals surface area contributed by atoms with E-state index in [-0.39, 0.29) is 18.6 Å². The van der Waals surface area contributed by atoms with Crippen LogP contribution >= 0.6 is 11.6 Å². The molecule has 0 aromatic heterocycles. The number of aryl methyl sites for hydroxylation is 2. The van der Waals surface area contributed by atoms with Gasteiger partial charge in [-0.15, -0.1) is 0 Å². The standard InChI is InChI=1S/C16H23ClN2O2/c1-11-8-14(9-12(2)16(11)17)21-10-15(20)18-13-4-6-19(3)7-5-13/h8-9,13H,4-7,10H2,1-3H3,(H,18,20). The second-order valence-electron chi connectivity index (χ2n) is 5.80. The second-order valence-corrected chi connectivity index (χ2v) is 6.18. The van der Waals surface area contributed by atoms with Crippen LogP contribution in [0.2, 0.25) is 5.02 Å². The van der Waals surface area contributed by atoms with E-state index in [2.05, 4.69) is 17.3 Å². The van der Waals surface area contributed by atoms with Crippen LogP contribution in [-0.2, 0) is 4.79 Å². The molecule has 5 heteroatoms. The third-order valence-electron chi connectivity index (χ3n) is 3.86. The first-order valence-corrected chi connectivity index (χ1v) is 7.71. The van der Waals surface area contributed by atoms with Crippen LogP contribution in [0.15, 0.2) is 12.1 Å². The van der Waals surface area contributed by atoms with Crippen molar-refractivity contribution in [3.05, 3.63) is 28.3 Å². The summed E-state index contributed by atoms with van der Waals surface area (Å²) in [6.45, 7) is 5.97. The summed E-state index contributed by atoms with van der Waals surface area (Å²) in [5, 5.41) is 3.78. The van der Waals surface area contributed by atoms with Crippen LogP contribution < -0.4 is 10.1 Å². The summed E-state index contributed by atoms with van der Waals surface area (Å²) in [6, 6.07) is 3.99. The van der Waals surface area contributed by atoms with Crippen molar-refractivity contribution in [1.82, 2.24) is 10.2 Å². The van der Waals surface area contributed by atoms with E-state index in [1.807, 2.05) is 26.0 Å². The van der Waals surface area contributed by atoms with Crippen LogP contribution in [0.4, 0.5) is 0 Å². The molecular weight excluding hydrogens is 288 g/mol. The minimum Gasteiger partial charge on any atom is -0.484 e. The SMILES string of the molecule is Cc1cc(OCC(=O)NC2CCN(C)CC2)cc(C)c1Cl. The van der Waals surface area contributed by atoms with Crippen molar-refractivity contribution in [3.63, 3.8) is 0 Å². The second kappa shape index (κ2) is 7.14. The van der Waals surface area contributed by atoms with Gasteiger partial charge >= 0.3 is 0 Å². The van der Waals surface area contributed by atoms with Gasteiger partial charge in [0.1, 0.15) is 5.75 Å². The number of amides is 1. The molecule has 1 aromatic rings. The van der Waals surface area contributed by atoms with Gasteiger partial charge in [-0.2, -0.15) is 0 Å². The third kappa shape index (κ3) is 4.61. The van der Waals surface area contributed by atoms with Crippen molar-refractivity contribution >= 4 is 17.5 Å². The molecule has 4 nitrogen and oxygen atoms in total. The van der Waals surface area contributed by atoms with E-state index in [9.17, 15) is 4.79 Å². The number of halogens is 1. The summed E-state index contributed by atoms with van der Waals surface area (Å²) in [6.07, 6.45) is 2.00. The number of hydrogen-bond donors (Lipinski definition) is 1. The monoisotopic (exact) mass is 310 g/mol. The number of benzene rings is 1. The lowest BCUT2D eigenvalue weighted by molar-refractivity contribution is -0.124. The number of rotatable bonds is 4. The topological polar surface area (TPSA) is 41.6 Å². The highest BCUT2D eigenvalue weighted by molar-refractivity contribution is 6.32. The average Bonchev–Trinajstić information content (AvgIpc) is 2.45. The van der Waals surface area contributed by atoms with Gasteiger partial charge in [-0.25, -0.2) is 0 Å². The summed E-state index contributed by atoms with van der Waals surface area (Å²) in [5.41, 5.74) is 1.92. The molecule has 1 aliphatic rings. The first-order chi connectivity index (χ1) is 9.95. The molecule has 0 saturated carbocycles. The lowest BCUT2D eigenvalue weighted by Crippen LogP contribution is -2.44. The van der Waals surface area contributed by atoms with Crippen molar-refractivity contribution < 1.29 is 9.53 Å². The number of ether oxygens (including phenoxy) is 1. The molecule has 1 fully saturated rings. The maximum absolute atomic E-state index is 11.9. The molecule has 0 unspecified atom stereocenters. The molecular formula is C16H23ClN2O2. The largest absolute Gasteiger partial charge is 0.484 e. The Kier molecular flexibility index (Phi) is 5.48. The van der Waals surface area contributed by atoms with Gasteiger partial charge in [0.2, 0.25) is 0 Å². The van der Waals surface area contributed by atoms with Crippen LogP contribution in [0.3, 0.4) is 0 Å². The zero-order valence-electron chi connectivity index (χ0n) is 12.9. The number of nitrogens with zero attached hydrogens (tertiary/aromatic N) is 1. The predicted octanol–water partition coefficient (Wildman–Crippen LogP) is 2.55. The van der Waals surface area contributed by atoms with E-state index < -0.39 is 0 Å². The first-order valence-electron chi connectivity index (χ1n) is 7.33. The Hall–Kier alpha value is -1.26. The molecule has 0 aliphatic carbocycles. The van der Waals surface area contributed by atoms with E-state index in [1.54, 1.807) is 0 Å². The Morgan fingerprint density at radius 2 is 1.90 bits per heavy atom. The summed E-state index contributed by atoms with van der Waals surface area (Å²) in [5.74, 6) is 0.628. The molecule has 21 heavy (non-hydrogen) atoms. The quantitative estimate of drug-likeness (QED) is 0.929. The number of hydrogen-bond acceptors (Lipinski definition) is 3. The summed E-state index contributed by atoms with van der Waals surface area (Å²) in [4.78, 5) is 14.2. The molecule has 1 N–H and O–H groups in total. The van der Waals surface area contributed by atoms with Crippen LogP contribution in [0, 0.1) is 13.8 Å². The van der Waals surface area contributed by atoms with Gasteiger partial charge in [-0.3, -0.25) is 4.79 Å². The molecule has 2 rings (SSSR count). The Labute approximate surface area is 131 Å². The molecule has 0 bridgehead atoms. The van der Waals surface area contributed by atoms with E-state index in [1.165, 1.54) is 0 Å². The number of carbonyl (C=O) groups is 1. The van der Waals surface area contributed by atoms with Crippen molar-refractivity contribution in [1.29, 1.82) is 0 Å². The Balaban J connectivity index is 1.81. The molecule has 0 radical (unpaired) electrons. The van der Waals surface area contributed by atoms with E-state index in [0.717, 1.165) is 42.1 Å². The van der Waals surface area contributed by atoms with Crippen molar-refractivity contribution in [2.75, 3.05) is 26.7 Å². The van der Waals surface area contributed by atoms with Crippen LogP contribution in [0.25, 0.3) is 0 Å². The molecule has 1 saturated heterocycles. The molecule has 1 amide bonds. The fourth-order valence-corrected chi connectivity index (χ4v) is 2.67. The highest BCUT2D eigenvalue weighted by Gasteiger charge is 2.18. The van der Waals surface area contributed by atoms with Gasteiger partial charge in [-0.1, -0.05) is 11.6 Å². The van der Waals surface area contributed by atoms with E-state index >= 15 is 0 Å². The number of likely N-dealkylation sites (tertiary alicyclic amines) is 1. The first kappa shape index (κ1) is 16.1. The van der Waals surface area contributed by atoms with Gasteiger partial charge in [0.15, 0.2) is 6.61 Å². The van der Waals surface area contributed by atoms with E-state index in [0.29, 0.717) is 5.75 Å². The van der Waals surface area contributed by atoms with Crippen molar-refractivity contribution in [3.8, 4) is 5.75 Å². The van der Waals surface area contributed by atoms with Gasteiger partial charge in [-0.05, 0) is 70.1 Å². The van der Waals surface area contributed by atoms with Gasteiger partial charge < -0.3 is 15.0 Å². The number of piperidine rings is 1. The van der Waals surface area contributed by atoms with Crippen molar-refractivity contribution in [2.24, 2.45) is 0 Å². The highest BCUT2D eigenvalue weighted by Crippen LogP contribution is 2.25. The fraction of sp³-hybridized carbons (Fsp3) is 0.562. The zero-order valence-corrected chi connectivity index (χ0v) is 13.7. The highest BCUT2D eigenvalue weighted by atomic mass is 35.5. The van der Waals surface area contributed by atoms with Gasteiger partial charge in [0.25, 0.3) is 5.91 Å².